The maximum Gasteiger partial charge on any atom is 0.500 e. The Bertz CT molecular complexity index is 299. The molecule has 7 heteroatoms. The Kier molecular flexibility index (Phi) is 16.9. The molecule has 0 radical (unpaired) electrons. The Morgan fingerprint density at radius 3 is 1.19 bits per heavy atom. The molecule has 0 aromatic carbocycles. The highest BCUT2D eigenvalue weighted by atomic mass is 28.4. The highest BCUT2D eigenvalue weighted by Crippen LogP contribution is 2.15. The fraction of sp³-hybridized carbons (Fsp3) is 1.00. The summed E-state index contributed by atoms with van der Waals surface area (Å²) in [6, 6.07) is 0.874. The van der Waals surface area contributed by atoms with Crippen LogP contribution in [0.2, 0.25) is 6.04 Å². The smallest absolute Gasteiger partial charge is 0.377 e. The van der Waals surface area contributed by atoms with Crippen LogP contribution in [0.5, 0.6) is 0 Å². The van der Waals surface area contributed by atoms with E-state index >= 15 is 0 Å². The van der Waals surface area contributed by atoms with E-state index in [0.29, 0.717) is 0 Å². The van der Waals surface area contributed by atoms with Crippen LogP contribution >= 0.6 is 0 Å². The minimum absolute atomic E-state index is 0.874. The lowest BCUT2D eigenvalue weighted by Gasteiger charge is -2.28. The second kappa shape index (κ2) is 16.9. The predicted molar refractivity (Wildman–Crippen MR) is 117 cm³/mol. The second-order valence-corrected chi connectivity index (χ2v) is 10.1. The molecule has 0 aliphatic rings. The lowest BCUT2D eigenvalue weighted by atomic mass is 10.2. The molecule has 0 bridgehead atoms. The number of rotatable bonds is 19. The van der Waals surface area contributed by atoms with Crippen LogP contribution < -0.4 is 0 Å². The lowest BCUT2D eigenvalue weighted by molar-refractivity contribution is 0.121. The normalized spacial score (nSPS) is 12.7. The average Bonchev–Trinajstić information content (AvgIpc) is 2.71. The zero-order chi connectivity index (χ0) is 20.5. The van der Waals surface area contributed by atoms with Gasteiger partial charge in [0.2, 0.25) is 0 Å². The molecule has 0 heterocycles. The van der Waals surface area contributed by atoms with E-state index in [2.05, 4.69) is 42.4 Å². The van der Waals surface area contributed by atoms with E-state index in [1.807, 2.05) is 0 Å². The van der Waals surface area contributed by atoms with Gasteiger partial charge in [0, 0.05) is 27.4 Å². The summed E-state index contributed by atoms with van der Waals surface area (Å²) in [4.78, 5) is 7.63. The monoisotopic (exact) mass is 405 g/mol. The van der Waals surface area contributed by atoms with Crippen molar-refractivity contribution in [2.24, 2.45) is 0 Å². The molecule has 0 aliphatic heterocycles. The van der Waals surface area contributed by atoms with E-state index in [1.165, 1.54) is 25.9 Å². The minimum Gasteiger partial charge on any atom is -0.377 e. The average molecular weight is 406 g/mol. The molecule has 0 spiro atoms. The minimum atomic E-state index is -2.45. The summed E-state index contributed by atoms with van der Waals surface area (Å²) in [7, 11) is 2.65. The summed E-state index contributed by atoms with van der Waals surface area (Å²) in [5.74, 6) is 0. The molecule has 0 rings (SSSR count). The molecule has 0 N–H and O–H groups in total. The highest BCUT2D eigenvalue weighted by molar-refractivity contribution is 6.60. The van der Waals surface area contributed by atoms with Gasteiger partial charge in [-0.05, 0) is 78.2 Å². The van der Waals surface area contributed by atoms with Crippen molar-refractivity contribution in [1.29, 1.82) is 0 Å². The van der Waals surface area contributed by atoms with Gasteiger partial charge in [0.1, 0.15) is 0 Å². The quantitative estimate of drug-likeness (QED) is 0.308. The van der Waals surface area contributed by atoms with Crippen molar-refractivity contribution >= 4 is 8.80 Å². The Morgan fingerprint density at radius 2 is 0.852 bits per heavy atom. The van der Waals surface area contributed by atoms with Gasteiger partial charge < -0.3 is 28.0 Å². The predicted octanol–water partition coefficient (Wildman–Crippen LogP) is 3.02. The van der Waals surface area contributed by atoms with E-state index in [9.17, 15) is 0 Å². The summed E-state index contributed by atoms with van der Waals surface area (Å²) in [5, 5.41) is 0. The van der Waals surface area contributed by atoms with Crippen LogP contribution in [0, 0.1) is 0 Å². The van der Waals surface area contributed by atoms with E-state index in [0.717, 1.165) is 58.3 Å². The first-order chi connectivity index (χ1) is 13.0. The van der Waals surface area contributed by atoms with Gasteiger partial charge in [-0.3, -0.25) is 0 Å². The molecule has 0 saturated carbocycles. The Balaban J connectivity index is 4.48. The van der Waals surface area contributed by atoms with Crippen molar-refractivity contribution in [3.05, 3.63) is 0 Å². The van der Waals surface area contributed by atoms with Crippen LogP contribution in [-0.4, -0.2) is 104 Å². The third-order valence-corrected chi connectivity index (χ3v) is 8.41. The molecule has 0 aromatic rings. The summed E-state index contributed by atoms with van der Waals surface area (Å²) >= 11 is 0. The molecule has 164 valence electrons. The maximum atomic E-state index is 5.56. The molecule has 0 unspecified atom stereocenters. The van der Waals surface area contributed by atoms with Gasteiger partial charge in [0.15, 0.2) is 0 Å². The molecule has 6 nitrogen and oxygen atoms in total. The second-order valence-electron chi connectivity index (χ2n) is 7.00. The largest absolute Gasteiger partial charge is 0.500 e. The Hall–Kier alpha value is -0.0231. The van der Waals surface area contributed by atoms with Crippen LogP contribution in [0.1, 0.15) is 47.0 Å². The van der Waals surface area contributed by atoms with Gasteiger partial charge in [-0.1, -0.05) is 27.7 Å². The molecular weight excluding hydrogens is 358 g/mol. The fourth-order valence-electron chi connectivity index (χ4n) is 3.53. The van der Waals surface area contributed by atoms with Crippen molar-refractivity contribution in [3.8, 4) is 0 Å². The van der Waals surface area contributed by atoms with E-state index in [1.54, 1.807) is 21.3 Å². The molecule has 0 saturated heterocycles. The molecule has 0 aromatic heterocycles. The zero-order valence-corrected chi connectivity index (χ0v) is 20.3. The molecule has 0 amide bonds. The first-order valence-corrected chi connectivity index (χ1v) is 12.8. The van der Waals surface area contributed by atoms with Crippen molar-refractivity contribution in [2.75, 3.05) is 80.2 Å². The topological polar surface area (TPSA) is 37.4 Å². The van der Waals surface area contributed by atoms with Crippen molar-refractivity contribution in [2.45, 2.75) is 53.0 Å². The Labute approximate surface area is 170 Å². The summed E-state index contributed by atoms with van der Waals surface area (Å²) < 4.78 is 16.7. The number of hydrogen-bond acceptors (Lipinski definition) is 6. The SMILES string of the molecule is CCN(CC)CCCN(CCCN(CC)CC)CCC[Si](OC)(OC)OC. The maximum absolute atomic E-state index is 5.56. The van der Waals surface area contributed by atoms with Crippen LogP contribution in [0.15, 0.2) is 0 Å². The van der Waals surface area contributed by atoms with Gasteiger partial charge in [-0.2, -0.15) is 0 Å². The molecular formula is C20H47N3O3Si. The molecule has 0 aliphatic carbocycles. The van der Waals surface area contributed by atoms with Crippen molar-refractivity contribution in [3.63, 3.8) is 0 Å². The van der Waals surface area contributed by atoms with Gasteiger partial charge >= 0.3 is 8.80 Å². The van der Waals surface area contributed by atoms with Crippen molar-refractivity contribution in [1.82, 2.24) is 14.7 Å². The van der Waals surface area contributed by atoms with Gasteiger partial charge in [0.05, 0.1) is 0 Å². The standard InChI is InChI=1S/C20H47N3O3Si/c1-8-21(9-2)15-12-17-23(18-13-16-22(10-3)11-4)19-14-20-27(24-5,25-6)26-7/h8-20H2,1-7H3. The summed E-state index contributed by atoms with van der Waals surface area (Å²) in [5.41, 5.74) is 0. The summed E-state index contributed by atoms with van der Waals surface area (Å²) in [6.07, 6.45) is 3.51. The fourth-order valence-corrected chi connectivity index (χ4v) is 5.23. The van der Waals surface area contributed by atoms with Gasteiger partial charge in [-0.25, -0.2) is 0 Å². The van der Waals surface area contributed by atoms with Crippen LogP contribution in [0.4, 0.5) is 0 Å². The van der Waals surface area contributed by atoms with Crippen molar-refractivity contribution < 1.29 is 13.3 Å². The third kappa shape index (κ3) is 11.5. The number of hydrogen-bond donors (Lipinski definition) is 0. The van der Waals surface area contributed by atoms with E-state index in [4.69, 9.17) is 13.3 Å². The molecule has 0 atom stereocenters. The van der Waals surface area contributed by atoms with Crippen LogP contribution in [0.3, 0.4) is 0 Å². The number of nitrogens with zero attached hydrogens (tertiary/aromatic N) is 3. The first kappa shape index (κ1) is 27.0. The molecule has 27 heavy (non-hydrogen) atoms. The zero-order valence-electron chi connectivity index (χ0n) is 19.3. The molecule has 0 fully saturated rings. The highest BCUT2D eigenvalue weighted by Gasteiger charge is 2.37. The van der Waals surface area contributed by atoms with Gasteiger partial charge in [0.25, 0.3) is 0 Å². The third-order valence-electron chi connectivity index (χ3n) is 5.58. The van der Waals surface area contributed by atoms with E-state index < -0.39 is 8.80 Å². The summed E-state index contributed by atoms with van der Waals surface area (Å²) in [6.45, 7) is 19.3. The first-order valence-electron chi connectivity index (χ1n) is 10.9. The lowest BCUT2D eigenvalue weighted by Crippen LogP contribution is -2.43. The van der Waals surface area contributed by atoms with Crippen LogP contribution in [0.25, 0.3) is 0 Å². The van der Waals surface area contributed by atoms with Crippen LogP contribution in [-0.2, 0) is 13.3 Å². The van der Waals surface area contributed by atoms with E-state index in [-0.39, 0.29) is 0 Å². The Morgan fingerprint density at radius 1 is 0.519 bits per heavy atom. The van der Waals surface area contributed by atoms with Gasteiger partial charge in [-0.15, -0.1) is 0 Å².